The van der Waals surface area contributed by atoms with Crippen LogP contribution in [-0.2, 0) is 19.1 Å². The van der Waals surface area contributed by atoms with E-state index in [-0.39, 0.29) is 12.1 Å². The number of carbonyl (C=O) groups is 2. The second-order valence-corrected chi connectivity index (χ2v) is 2.05. The Morgan fingerprint density at radius 3 is 2.42 bits per heavy atom. The van der Waals surface area contributed by atoms with Gasteiger partial charge in [0.05, 0.1) is 6.54 Å². The van der Waals surface area contributed by atoms with Crippen LogP contribution < -0.4 is 5.73 Å². The SMILES string of the molecule is C=C(C)C(=O)OCOC(=O)CN. The average Bonchev–Trinajstić information content (AvgIpc) is 2.03. The Morgan fingerprint density at radius 1 is 1.42 bits per heavy atom. The largest absolute Gasteiger partial charge is 0.427 e. The summed E-state index contributed by atoms with van der Waals surface area (Å²) in [5.74, 6) is -1.22. The van der Waals surface area contributed by atoms with Gasteiger partial charge in [-0.1, -0.05) is 6.58 Å². The minimum absolute atomic E-state index is 0.232. The molecule has 0 aliphatic rings. The van der Waals surface area contributed by atoms with Gasteiger partial charge in [0.25, 0.3) is 0 Å². The van der Waals surface area contributed by atoms with E-state index in [4.69, 9.17) is 5.73 Å². The van der Waals surface area contributed by atoms with Gasteiger partial charge in [0.15, 0.2) is 0 Å². The van der Waals surface area contributed by atoms with Crippen molar-refractivity contribution in [1.29, 1.82) is 0 Å². The summed E-state index contributed by atoms with van der Waals surface area (Å²) >= 11 is 0. The van der Waals surface area contributed by atoms with Crippen LogP contribution in [0.5, 0.6) is 0 Å². The Hall–Kier alpha value is -1.36. The number of nitrogens with two attached hydrogens (primary N) is 1. The monoisotopic (exact) mass is 173 g/mol. The van der Waals surface area contributed by atoms with E-state index < -0.39 is 18.7 Å². The third-order valence-electron chi connectivity index (χ3n) is 0.925. The highest BCUT2D eigenvalue weighted by atomic mass is 16.7. The lowest BCUT2D eigenvalue weighted by molar-refractivity contribution is -0.163. The van der Waals surface area contributed by atoms with Crippen molar-refractivity contribution in [1.82, 2.24) is 0 Å². The van der Waals surface area contributed by atoms with Crippen molar-refractivity contribution >= 4 is 11.9 Å². The maximum absolute atomic E-state index is 10.7. The molecular formula is C7H11NO4. The van der Waals surface area contributed by atoms with Gasteiger partial charge >= 0.3 is 11.9 Å². The van der Waals surface area contributed by atoms with Crippen molar-refractivity contribution in [2.75, 3.05) is 13.3 Å². The fourth-order valence-electron chi connectivity index (χ4n) is 0.331. The van der Waals surface area contributed by atoms with Crippen LogP contribution in [0.15, 0.2) is 12.2 Å². The van der Waals surface area contributed by atoms with Crippen LogP contribution in [0.1, 0.15) is 6.92 Å². The fourth-order valence-corrected chi connectivity index (χ4v) is 0.331. The van der Waals surface area contributed by atoms with E-state index in [0.29, 0.717) is 0 Å². The van der Waals surface area contributed by atoms with E-state index in [0.717, 1.165) is 0 Å². The molecule has 5 heteroatoms. The molecule has 2 N–H and O–H groups in total. The highest BCUT2D eigenvalue weighted by Gasteiger charge is 2.04. The lowest BCUT2D eigenvalue weighted by Crippen LogP contribution is -2.19. The molecule has 0 amide bonds. The first kappa shape index (κ1) is 10.6. The van der Waals surface area contributed by atoms with E-state index in [9.17, 15) is 9.59 Å². The number of rotatable bonds is 4. The Labute approximate surface area is 70.1 Å². The van der Waals surface area contributed by atoms with Gasteiger partial charge in [0.1, 0.15) is 0 Å². The second-order valence-electron chi connectivity index (χ2n) is 2.05. The Balaban J connectivity index is 3.50. The highest BCUT2D eigenvalue weighted by molar-refractivity contribution is 5.86. The van der Waals surface area contributed by atoms with Crippen LogP contribution in [0.25, 0.3) is 0 Å². The molecule has 0 saturated heterocycles. The van der Waals surface area contributed by atoms with Crippen LogP contribution in [0.4, 0.5) is 0 Å². The lowest BCUT2D eigenvalue weighted by atomic mass is 10.4. The lowest BCUT2D eigenvalue weighted by Gasteiger charge is -2.03. The molecular weight excluding hydrogens is 162 g/mol. The molecule has 0 unspecified atom stereocenters. The van der Waals surface area contributed by atoms with Crippen LogP contribution in [-0.4, -0.2) is 25.3 Å². The van der Waals surface area contributed by atoms with Crippen molar-refractivity contribution in [2.45, 2.75) is 6.92 Å². The molecule has 68 valence electrons. The number of ether oxygens (including phenoxy) is 2. The van der Waals surface area contributed by atoms with Crippen molar-refractivity contribution in [3.8, 4) is 0 Å². The van der Waals surface area contributed by atoms with Gasteiger partial charge < -0.3 is 15.2 Å². The predicted molar refractivity (Wildman–Crippen MR) is 40.9 cm³/mol. The molecule has 0 aliphatic carbocycles. The molecule has 0 radical (unpaired) electrons. The van der Waals surface area contributed by atoms with Gasteiger partial charge in [0, 0.05) is 5.57 Å². The maximum atomic E-state index is 10.7. The zero-order chi connectivity index (χ0) is 9.56. The van der Waals surface area contributed by atoms with E-state index >= 15 is 0 Å². The molecule has 0 spiro atoms. The summed E-state index contributed by atoms with van der Waals surface area (Å²) in [6.45, 7) is 4.18. The first-order valence-electron chi connectivity index (χ1n) is 3.26. The van der Waals surface area contributed by atoms with Crippen molar-refractivity contribution in [3.63, 3.8) is 0 Å². The molecule has 0 heterocycles. The summed E-state index contributed by atoms with van der Waals surface area (Å²) in [7, 11) is 0. The van der Waals surface area contributed by atoms with Gasteiger partial charge in [-0.25, -0.2) is 4.79 Å². The molecule has 0 atom stereocenters. The van der Waals surface area contributed by atoms with Gasteiger partial charge in [0.2, 0.25) is 6.79 Å². The Bertz CT molecular complexity index is 200. The summed E-state index contributed by atoms with van der Waals surface area (Å²) in [4.78, 5) is 21.1. The molecule has 0 saturated carbocycles. The molecule has 0 rings (SSSR count). The first-order chi connectivity index (χ1) is 5.57. The van der Waals surface area contributed by atoms with E-state index in [2.05, 4.69) is 16.1 Å². The number of hydrogen-bond acceptors (Lipinski definition) is 5. The van der Waals surface area contributed by atoms with Crippen LogP contribution in [0.2, 0.25) is 0 Å². The summed E-state index contributed by atoms with van der Waals surface area (Å²) in [5, 5.41) is 0. The zero-order valence-electron chi connectivity index (χ0n) is 6.83. The molecule has 0 bridgehead atoms. The van der Waals surface area contributed by atoms with Gasteiger partial charge in [-0.2, -0.15) is 0 Å². The van der Waals surface area contributed by atoms with Gasteiger partial charge in [-0.05, 0) is 6.92 Å². The molecule has 5 nitrogen and oxygen atoms in total. The third-order valence-corrected chi connectivity index (χ3v) is 0.925. The van der Waals surface area contributed by atoms with E-state index in [1.54, 1.807) is 0 Å². The molecule has 0 aromatic rings. The first-order valence-corrected chi connectivity index (χ1v) is 3.26. The number of hydrogen-bond donors (Lipinski definition) is 1. The van der Waals surface area contributed by atoms with E-state index in [1.807, 2.05) is 0 Å². The summed E-state index contributed by atoms with van der Waals surface area (Å²) in [6, 6.07) is 0. The van der Waals surface area contributed by atoms with Crippen molar-refractivity contribution < 1.29 is 19.1 Å². The standard InChI is InChI=1S/C7H11NO4/c1-5(2)7(10)12-4-11-6(9)3-8/h1,3-4,8H2,2H3. The molecule has 0 aromatic heterocycles. The second kappa shape index (κ2) is 5.31. The average molecular weight is 173 g/mol. The topological polar surface area (TPSA) is 78.6 Å². The minimum atomic E-state index is -0.621. The Morgan fingerprint density at radius 2 is 2.00 bits per heavy atom. The molecule has 0 aromatic carbocycles. The maximum Gasteiger partial charge on any atom is 0.335 e. The summed E-state index contributed by atoms with van der Waals surface area (Å²) < 4.78 is 8.80. The summed E-state index contributed by atoms with van der Waals surface area (Å²) in [6.07, 6.45) is 0. The Kier molecular flexibility index (Phi) is 4.71. The van der Waals surface area contributed by atoms with Gasteiger partial charge in [-0.3, -0.25) is 4.79 Å². The van der Waals surface area contributed by atoms with Crippen molar-refractivity contribution in [2.24, 2.45) is 5.73 Å². The zero-order valence-corrected chi connectivity index (χ0v) is 6.83. The molecule has 12 heavy (non-hydrogen) atoms. The number of esters is 2. The quantitative estimate of drug-likeness (QED) is 0.354. The molecule has 0 fully saturated rings. The number of carbonyl (C=O) groups excluding carboxylic acids is 2. The third kappa shape index (κ3) is 4.45. The van der Waals surface area contributed by atoms with Crippen LogP contribution in [0.3, 0.4) is 0 Å². The summed E-state index contributed by atoms with van der Waals surface area (Å²) in [5.41, 5.74) is 5.17. The normalized spacial score (nSPS) is 8.83. The predicted octanol–water partition coefficient (Wildman–Crippen LogP) is -0.435. The minimum Gasteiger partial charge on any atom is -0.427 e. The van der Waals surface area contributed by atoms with Crippen LogP contribution >= 0.6 is 0 Å². The molecule has 0 aliphatic heterocycles. The van der Waals surface area contributed by atoms with E-state index in [1.165, 1.54) is 6.92 Å². The van der Waals surface area contributed by atoms with Crippen molar-refractivity contribution in [3.05, 3.63) is 12.2 Å². The van der Waals surface area contributed by atoms with Gasteiger partial charge in [-0.15, -0.1) is 0 Å². The fraction of sp³-hybridized carbons (Fsp3) is 0.429. The highest BCUT2D eigenvalue weighted by Crippen LogP contribution is 1.91. The smallest absolute Gasteiger partial charge is 0.335 e. The van der Waals surface area contributed by atoms with Crippen LogP contribution in [0, 0.1) is 0 Å².